The first kappa shape index (κ1) is 23.6. The molecule has 0 bridgehead atoms. The smallest absolute Gasteiger partial charge is 0.409 e. The van der Waals surface area contributed by atoms with Gasteiger partial charge in [-0.25, -0.2) is 4.79 Å². The van der Waals surface area contributed by atoms with Crippen molar-refractivity contribution >= 4 is 47.6 Å². The summed E-state index contributed by atoms with van der Waals surface area (Å²) in [7, 11) is 1.74. The Morgan fingerprint density at radius 2 is 1.96 bits per heavy atom. The molecule has 1 aromatic carbocycles. The highest BCUT2D eigenvalue weighted by Crippen LogP contribution is 2.15. The number of carbonyl (C=O) groups excluding carboxylic acids is 1. The standard InChI is InChI=1S/C18H27ClN4O3.HI/c1-3-25-18(24)23-11-8-15(9-12-23)22-17(20-2)21-10-13-26-16-6-4-14(19)5-7-16;/h4-7,15H,3,8-13H2,1-2H3,(H2,20,21,22);1H. The quantitative estimate of drug-likeness (QED) is 0.266. The number of hydrogen-bond donors (Lipinski definition) is 2. The van der Waals surface area contributed by atoms with Gasteiger partial charge in [-0.05, 0) is 44.0 Å². The number of benzene rings is 1. The SMILES string of the molecule is CCOC(=O)N1CCC(NC(=NC)NCCOc2ccc(Cl)cc2)CC1.I. The van der Waals surface area contributed by atoms with Crippen molar-refractivity contribution in [1.82, 2.24) is 15.5 Å². The summed E-state index contributed by atoms with van der Waals surface area (Å²) in [6, 6.07) is 7.56. The molecule has 0 radical (unpaired) electrons. The number of hydrogen-bond acceptors (Lipinski definition) is 4. The Bertz CT molecular complexity index is 593. The number of guanidine groups is 1. The molecule has 27 heavy (non-hydrogen) atoms. The molecule has 1 aliphatic rings. The fourth-order valence-corrected chi connectivity index (χ4v) is 2.80. The molecule has 0 atom stereocenters. The highest BCUT2D eigenvalue weighted by Gasteiger charge is 2.23. The molecule has 1 amide bonds. The minimum absolute atomic E-state index is 0. The van der Waals surface area contributed by atoms with E-state index < -0.39 is 0 Å². The van der Waals surface area contributed by atoms with E-state index in [0.717, 1.165) is 24.6 Å². The summed E-state index contributed by atoms with van der Waals surface area (Å²) >= 11 is 5.85. The summed E-state index contributed by atoms with van der Waals surface area (Å²) in [5, 5.41) is 7.31. The van der Waals surface area contributed by atoms with Crippen LogP contribution in [0.2, 0.25) is 5.02 Å². The van der Waals surface area contributed by atoms with E-state index in [1.54, 1.807) is 24.1 Å². The van der Waals surface area contributed by atoms with Crippen LogP contribution in [0.25, 0.3) is 0 Å². The molecular formula is C18H28ClIN4O3. The predicted molar refractivity (Wildman–Crippen MR) is 118 cm³/mol. The largest absolute Gasteiger partial charge is 0.492 e. The third-order valence-corrected chi connectivity index (χ3v) is 4.31. The second-order valence-electron chi connectivity index (χ2n) is 5.91. The normalized spacial score (nSPS) is 14.9. The highest BCUT2D eigenvalue weighted by atomic mass is 127. The third kappa shape index (κ3) is 8.42. The number of nitrogens with one attached hydrogen (secondary N) is 2. The maximum atomic E-state index is 11.7. The van der Waals surface area contributed by atoms with Crippen LogP contribution in [0.4, 0.5) is 4.79 Å². The first-order valence-corrected chi connectivity index (χ1v) is 9.27. The highest BCUT2D eigenvalue weighted by molar-refractivity contribution is 14.0. The van der Waals surface area contributed by atoms with Gasteiger partial charge in [0.25, 0.3) is 0 Å². The number of halogens is 2. The molecule has 1 fully saturated rings. The van der Waals surface area contributed by atoms with Crippen LogP contribution >= 0.6 is 35.6 Å². The Morgan fingerprint density at radius 3 is 2.56 bits per heavy atom. The number of rotatable bonds is 6. The number of aliphatic imine (C=N–C) groups is 1. The summed E-state index contributed by atoms with van der Waals surface area (Å²) in [5.74, 6) is 1.52. The number of nitrogens with zero attached hydrogens (tertiary/aromatic N) is 2. The molecule has 0 aromatic heterocycles. The number of piperidine rings is 1. The minimum atomic E-state index is -0.229. The van der Waals surface area contributed by atoms with Gasteiger partial charge >= 0.3 is 6.09 Å². The zero-order chi connectivity index (χ0) is 18.8. The van der Waals surface area contributed by atoms with Crippen molar-refractivity contribution < 1.29 is 14.3 Å². The van der Waals surface area contributed by atoms with Crippen LogP contribution in [0.15, 0.2) is 29.3 Å². The van der Waals surface area contributed by atoms with Gasteiger partial charge in [0.15, 0.2) is 5.96 Å². The molecule has 152 valence electrons. The lowest BCUT2D eigenvalue weighted by molar-refractivity contribution is 0.0963. The Morgan fingerprint density at radius 1 is 1.30 bits per heavy atom. The molecule has 0 saturated carbocycles. The van der Waals surface area contributed by atoms with Crippen LogP contribution in [-0.4, -0.2) is 62.9 Å². The van der Waals surface area contributed by atoms with Crippen LogP contribution in [0.5, 0.6) is 5.75 Å². The zero-order valence-electron chi connectivity index (χ0n) is 15.7. The van der Waals surface area contributed by atoms with Gasteiger partial charge in [-0.15, -0.1) is 24.0 Å². The van der Waals surface area contributed by atoms with Gasteiger partial charge in [-0.1, -0.05) is 11.6 Å². The van der Waals surface area contributed by atoms with E-state index in [4.69, 9.17) is 21.1 Å². The second-order valence-corrected chi connectivity index (χ2v) is 6.34. The number of carbonyl (C=O) groups is 1. The predicted octanol–water partition coefficient (Wildman–Crippen LogP) is 3.12. The summed E-state index contributed by atoms with van der Waals surface area (Å²) in [5.41, 5.74) is 0. The average molecular weight is 511 g/mol. The van der Waals surface area contributed by atoms with Crippen molar-refractivity contribution in [3.63, 3.8) is 0 Å². The van der Waals surface area contributed by atoms with Crippen LogP contribution in [0.1, 0.15) is 19.8 Å². The van der Waals surface area contributed by atoms with Gasteiger partial charge in [0.1, 0.15) is 12.4 Å². The van der Waals surface area contributed by atoms with Gasteiger partial charge in [0.05, 0.1) is 13.2 Å². The minimum Gasteiger partial charge on any atom is -0.492 e. The van der Waals surface area contributed by atoms with Gasteiger partial charge in [-0.3, -0.25) is 4.99 Å². The lowest BCUT2D eigenvalue weighted by Crippen LogP contribution is -2.50. The van der Waals surface area contributed by atoms with Crippen molar-refractivity contribution in [3.05, 3.63) is 29.3 Å². The van der Waals surface area contributed by atoms with E-state index in [9.17, 15) is 4.79 Å². The van der Waals surface area contributed by atoms with E-state index in [1.807, 2.05) is 19.1 Å². The molecule has 1 aromatic rings. The Kier molecular flexibility index (Phi) is 11.3. The lowest BCUT2D eigenvalue weighted by Gasteiger charge is -2.32. The van der Waals surface area contributed by atoms with Crippen LogP contribution in [0, 0.1) is 0 Å². The lowest BCUT2D eigenvalue weighted by atomic mass is 10.1. The Hall–Kier alpha value is -1.42. The van der Waals surface area contributed by atoms with E-state index in [1.165, 1.54) is 0 Å². The van der Waals surface area contributed by atoms with Crippen LogP contribution in [0.3, 0.4) is 0 Å². The molecule has 9 heteroatoms. The van der Waals surface area contributed by atoms with Crippen molar-refractivity contribution in [2.24, 2.45) is 4.99 Å². The monoisotopic (exact) mass is 510 g/mol. The van der Waals surface area contributed by atoms with Crippen molar-refractivity contribution in [2.75, 3.05) is 39.9 Å². The second kappa shape index (κ2) is 12.9. The molecule has 1 aliphatic heterocycles. The number of ether oxygens (including phenoxy) is 2. The first-order valence-electron chi connectivity index (χ1n) is 8.89. The maximum Gasteiger partial charge on any atom is 0.409 e. The van der Waals surface area contributed by atoms with Crippen LogP contribution < -0.4 is 15.4 Å². The van der Waals surface area contributed by atoms with Crippen molar-refractivity contribution in [1.29, 1.82) is 0 Å². The summed E-state index contributed by atoms with van der Waals surface area (Å²) < 4.78 is 10.7. The maximum absolute atomic E-state index is 11.7. The molecule has 2 rings (SSSR count). The summed E-state index contributed by atoms with van der Waals surface area (Å²) in [6.45, 7) is 4.75. The van der Waals surface area contributed by atoms with Gasteiger partial charge in [-0.2, -0.15) is 0 Å². The zero-order valence-corrected chi connectivity index (χ0v) is 18.8. The Balaban J connectivity index is 0.00000364. The molecule has 1 saturated heterocycles. The molecular weight excluding hydrogens is 483 g/mol. The van der Waals surface area contributed by atoms with Crippen LogP contribution in [-0.2, 0) is 4.74 Å². The van der Waals surface area contributed by atoms with E-state index in [-0.39, 0.29) is 36.1 Å². The molecule has 0 aliphatic carbocycles. The topological polar surface area (TPSA) is 75.2 Å². The molecule has 0 spiro atoms. The van der Waals surface area contributed by atoms with Crippen molar-refractivity contribution in [2.45, 2.75) is 25.8 Å². The number of amides is 1. The van der Waals surface area contributed by atoms with E-state index in [2.05, 4.69) is 15.6 Å². The molecule has 0 unspecified atom stereocenters. The summed E-state index contributed by atoms with van der Waals surface area (Å²) in [4.78, 5) is 17.7. The Labute approximate surface area is 182 Å². The fourth-order valence-electron chi connectivity index (χ4n) is 2.68. The van der Waals surface area contributed by atoms with Gasteiger partial charge in [0.2, 0.25) is 0 Å². The average Bonchev–Trinajstić information content (AvgIpc) is 2.66. The van der Waals surface area contributed by atoms with Gasteiger partial charge in [0, 0.05) is 31.2 Å². The summed E-state index contributed by atoms with van der Waals surface area (Å²) in [6.07, 6.45) is 1.49. The third-order valence-electron chi connectivity index (χ3n) is 4.06. The van der Waals surface area contributed by atoms with E-state index in [0.29, 0.717) is 37.9 Å². The molecule has 1 heterocycles. The molecule has 2 N–H and O–H groups in total. The van der Waals surface area contributed by atoms with Gasteiger partial charge < -0.3 is 25.0 Å². The fraction of sp³-hybridized carbons (Fsp3) is 0.556. The first-order chi connectivity index (χ1) is 12.6. The molecule has 7 nitrogen and oxygen atoms in total. The van der Waals surface area contributed by atoms with Crippen molar-refractivity contribution in [3.8, 4) is 5.75 Å². The van der Waals surface area contributed by atoms with E-state index >= 15 is 0 Å². The number of likely N-dealkylation sites (tertiary alicyclic amines) is 1.